The Bertz CT molecular complexity index is 916. The molecule has 3 rings (SSSR count). The highest BCUT2D eigenvalue weighted by Crippen LogP contribution is 2.38. The third kappa shape index (κ3) is 3.40. The maximum absolute atomic E-state index is 12.2. The van der Waals surface area contributed by atoms with Gasteiger partial charge in [0, 0.05) is 5.69 Å². The first-order valence-electron chi connectivity index (χ1n) is 7.14. The lowest BCUT2D eigenvalue weighted by Gasteiger charge is -2.05. The molecule has 1 N–H and O–H groups in total. The quantitative estimate of drug-likeness (QED) is 0.397. The Balaban J connectivity index is 1.96. The van der Waals surface area contributed by atoms with Gasteiger partial charge < -0.3 is 14.8 Å². The van der Waals surface area contributed by atoms with Crippen LogP contribution in [0, 0.1) is 21.4 Å². The smallest absolute Gasteiger partial charge is 0.280 e. The number of benzene rings is 2. The number of rotatable bonds is 4. The Kier molecular flexibility index (Phi) is 4.30. The van der Waals surface area contributed by atoms with Gasteiger partial charge in [0.05, 0.1) is 16.6 Å². The van der Waals surface area contributed by atoms with E-state index in [2.05, 4.69) is 5.32 Å². The fourth-order valence-electron chi connectivity index (χ4n) is 2.24. The number of nitro groups is 1. The van der Waals surface area contributed by atoms with E-state index >= 15 is 0 Å². The Morgan fingerprint density at radius 3 is 2.56 bits per heavy atom. The molecule has 0 spiro atoms. The number of nitrogens with zero attached hydrogens (tertiary/aromatic N) is 2. The van der Waals surface area contributed by atoms with E-state index in [0.717, 1.165) is 6.08 Å². The first-order valence-corrected chi connectivity index (χ1v) is 7.14. The van der Waals surface area contributed by atoms with Crippen molar-refractivity contribution in [1.82, 2.24) is 0 Å². The molecule has 0 radical (unpaired) electrons. The third-order valence-electron chi connectivity index (χ3n) is 3.42. The van der Waals surface area contributed by atoms with Crippen molar-refractivity contribution in [2.45, 2.75) is 0 Å². The molecule has 0 aromatic heterocycles. The van der Waals surface area contributed by atoms with Crippen LogP contribution in [-0.4, -0.2) is 17.6 Å². The predicted molar refractivity (Wildman–Crippen MR) is 87.9 cm³/mol. The summed E-state index contributed by atoms with van der Waals surface area (Å²) in [7, 11) is 0. The summed E-state index contributed by atoms with van der Waals surface area (Å²) in [6, 6.07) is 12.9. The third-order valence-corrected chi connectivity index (χ3v) is 3.42. The molecule has 0 unspecified atom stereocenters. The van der Waals surface area contributed by atoms with Gasteiger partial charge in [-0.25, -0.2) is 0 Å². The Labute approximate surface area is 142 Å². The van der Waals surface area contributed by atoms with Crippen molar-refractivity contribution in [2.75, 3.05) is 12.1 Å². The van der Waals surface area contributed by atoms with E-state index in [0.29, 0.717) is 11.4 Å². The summed E-state index contributed by atoms with van der Waals surface area (Å²) in [6.07, 6.45) is 1.15. The lowest BCUT2D eigenvalue weighted by molar-refractivity contribution is -0.385. The molecule has 0 saturated heterocycles. The molecule has 0 saturated carbocycles. The molecule has 2 aromatic rings. The van der Waals surface area contributed by atoms with Gasteiger partial charge in [-0.1, -0.05) is 18.2 Å². The maximum Gasteiger partial charge on any atom is 0.280 e. The molecule has 1 aliphatic rings. The maximum atomic E-state index is 12.2. The summed E-state index contributed by atoms with van der Waals surface area (Å²) < 4.78 is 10.3. The molecular formula is C17H11N3O5. The second-order valence-corrected chi connectivity index (χ2v) is 5.01. The van der Waals surface area contributed by atoms with Gasteiger partial charge in [0.2, 0.25) is 6.79 Å². The van der Waals surface area contributed by atoms with Gasteiger partial charge in [-0.05, 0) is 24.3 Å². The number of carbonyl (C=O) groups excluding carboxylic acids is 1. The van der Waals surface area contributed by atoms with E-state index in [-0.39, 0.29) is 29.4 Å². The zero-order chi connectivity index (χ0) is 17.8. The fourth-order valence-corrected chi connectivity index (χ4v) is 2.24. The number of hydrogen-bond donors (Lipinski definition) is 1. The zero-order valence-electron chi connectivity index (χ0n) is 12.8. The van der Waals surface area contributed by atoms with Crippen LogP contribution in [0.1, 0.15) is 5.56 Å². The molecule has 2 aromatic carbocycles. The van der Waals surface area contributed by atoms with Crippen LogP contribution in [0.15, 0.2) is 48.0 Å². The minimum atomic E-state index is -0.666. The molecule has 1 heterocycles. The van der Waals surface area contributed by atoms with Crippen LogP contribution in [0.3, 0.4) is 0 Å². The van der Waals surface area contributed by atoms with Crippen LogP contribution in [0.25, 0.3) is 6.08 Å². The number of anilines is 1. The molecular weight excluding hydrogens is 326 g/mol. The highest BCUT2D eigenvalue weighted by Gasteiger charge is 2.23. The number of amides is 1. The normalized spacial score (nSPS) is 12.4. The van der Waals surface area contributed by atoms with Crippen LogP contribution in [0.4, 0.5) is 11.4 Å². The fraction of sp³-hybridized carbons (Fsp3) is 0.0588. The number of nitrogens with one attached hydrogen (secondary N) is 1. The average Bonchev–Trinajstić information content (AvgIpc) is 3.06. The van der Waals surface area contributed by atoms with E-state index in [9.17, 15) is 20.2 Å². The summed E-state index contributed by atoms with van der Waals surface area (Å²) >= 11 is 0. The van der Waals surface area contributed by atoms with Crippen molar-refractivity contribution in [2.24, 2.45) is 0 Å². The summed E-state index contributed by atoms with van der Waals surface area (Å²) in [6.45, 7) is -0.0424. The van der Waals surface area contributed by atoms with Gasteiger partial charge in [-0.3, -0.25) is 14.9 Å². The Hall–Kier alpha value is -3.86. The monoisotopic (exact) mass is 337 g/mol. The standard InChI is InChI=1S/C17H11N3O5/c18-9-12(17(21)19-13-4-2-1-3-5-13)6-11-7-15-16(25-10-24-15)8-14(11)20(22)23/h1-8H,10H2,(H,19,21). The van der Waals surface area contributed by atoms with Gasteiger partial charge >= 0.3 is 0 Å². The van der Waals surface area contributed by atoms with Gasteiger partial charge in [0.15, 0.2) is 11.5 Å². The van der Waals surface area contributed by atoms with E-state index in [1.807, 2.05) is 0 Å². The van der Waals surface area contributed by atoms with Crippen LogP contribution in [0.5, 0.6) is 11.5 Å². The number of fused-ring (bicyclic) bond motifs is 1. The van der Waals surface area contributed by atoms with Crippen LogP contribution in [0.2, 0.25) is 0 Å². The minimum absolute atomic E-state index is 0.0424. The Morgan fingerprint density at radius 1 is 1.24 bits per heavy atom. The summed E-state index contributed by atoms with van der Waals surface area (Å²) in [4.78, 5) is 22.9. The van der Waals surface area contributed by atoms with Gasteiger partial charge in [0.25, 0.3) is 11.6 Å². The molecule has 0 fully saturated rings. The Morgan fingerprint density at radius 2 is 1.92 bits per heavy atom. The predicted octanol–water partition coefficient (Wildman–Crippen LogP) is 2.87. The van der Waals surface area contributed by atoms with Crippen molar-refractivity contribution in [3.8, 4) is 17.6 Å². The van der Waals surface area contributed by atoms with Gasteiger partial charge in [-0.2, -0.15) is 5.26 Å². The lowest BCUT2D eigenvalue weighted by Crippen LogP contribution is -2.13. The number of hydrogen-bond acceptors (Lipinski definition) is 6. The first kappa shape index (κ1) is 16.0. The molecule has 0 bridgehead atoms. The molecule has 25 heavy (non-hydrogen) atoms. The number of carbonyl (C=O) groups is 1. The van der Waals surface area contributed by atoms with E-state index in [1.54, 1.807) is 36.4 Å². The topological polar surface area (TPSA) is 114 Å². The van der Waals surface area contributed by atoms with Gasteiger partial charge in [0.1, 0.15) is 11.6 Å². The van der Waals surface area contributed by atoms with Crippen molar-refractivity contribution in [3.05, 3.63) is 63.7 Å². The molecule has 0 atom stereocenters. The van der Waals surface area contributed by atoms with Crippen LogP contribution >= 0.6 is 0 Å². The molecule has 124 valence electrons. The molecule has 8 nitrogen and oxygen atoms in total. The molecule has 1 aliphatic heterocycles. The minimum Gasteiger partial charge on any atom is -0.454 e. The molecule has 8 heteroatoms. The molecule has 1 amide bonds. The first-order chi connectivity index (χ1) is 12.1. The zero-order valence-corrected chi connectivity index (χ0v) is 12.8. The number of nitriles is 1. The van der Waals surface area contributed by atoms with E-state index < -0.39 is 10.8 Å². The van der Waals surface area contributed by atoms with Crippen molar-refractivity contribution < 1.29 is 19.2 Å². The van der Waals surface area contributed by atoms with Crippen LogP contribution in [-0.2, 0) is 4.79 Å². The second kappa shape index (κ2) is 6.72. The molecule has 0 aliphatic carbocycles. The summed E-state index contributed by atoms with van der Waals surface area (Å²) in [5, 5.41) is 23.1. The van der Waals surface area contributed by atoms with E-state index in [1.165, 1.54) is 12.1 Å². The van der Waals surface area contributed by atoms with Crippen LogP contribution < -0.4 is 14.8 Å². The van der Waals surface area contributed by atoms with Gasteiger partial charge in [-0.15, -0.1) is 0 Å². The lowest BCUT2D eigenvalue weighted by atomic mass is 10.1. The number of ether oxygens (including phenoxy) is 2. The highest BCUT2D eigenvalue weighted by molar-refractivity contribution is 6.10. The van der Waals surface area contributed by atoms with Crippen molar-refractivity contribution in [1.29, 1.82) is 5.26 Å². The number of nitro benzene ring substituents is 1. The average molecular weight is 337 g/mol. The van der Waals surface area contributed by atoms with Crippen molar-refractivity contribution in [3.63, 3.8) is 0 Å². The SMILES string of the molecule is N#CC(=Cc1cc2c(cc1[N+](=O)[O-])OCO2)C(=O)Nc1ccccc1. The van der Waals surface area contributed by atoms with E-state index in [4.69, 9.17) is 9.47 Å². The highest BCUT2D eigenvalue weighted by atomic mass is 16.7. The summed E-state index contributed by atoms with van der Waals surface area (Å²) in [5.74, 6) is -0.102. The van der Waals surface area contributed by atoms with Crippen molar-refractivity contribution >= 4 is 23.4 Å². The summed E-state index contributed by atoms with van der Waals surface area (Å²) in [5.41, 5.74) is 0.0261. The second-order valence-electron chi connectivity index (χ2n) is 5.01. The largest absolute Gasteiger partial charge is 0.454 e. The number of para-hydroxylation sites is 1.